The SMILES string of the molecule is C[C@@H](NC(=O)[C@H]1CC1(F)F)c1ccc2cc(-c3nc4cc(C(=O)N5C[C@H](N)[C@H]6CC[C@@H]5C6)cc(F)c4n3C3CC3)n(CC3CC3)c2n1. The van der Waals surface area contributed by atoms with Crippen LogP contribution in [0.4, 0.5) is 13.2 Å². The highest BCUT2D eigenvalue weighted by Gasteiger charge is 2.61. The average Bonchev–Trinajstić information content (AvgIpc) is 4.00. The lowest BCUT2D eigenvalue weighted by atomic mass is 9.94. The van der Waals surface area contributed by atoms with E-state index < -0.39 is 36.0 Å². The summed E-state index contributed by atoms with van der Waals surface area (Å²) in [5.41, 5.74) is 9.65. The largest absolute Gasteiger partial charge is 0.348 e. The molecule has 4 heterocycles. The molecular formula is C35H38F3N7O2. The molecular weight excluding hydrogens is 607 g/mol. The number of hydrogen-bond donors (Lipinski definition) is 2. The summed E-state index contributed by atoms with van der Waals surface area (Å²) in [6.45, 7) is 2.95. The zero-order valence-electron chi connectivity index (χ0n) is 26.3. The fourth-order valence-electron chi connectivity index (χ4n) is 7.98. The number of pyridine rings is 1. The van der Waals surface area contributed by atoms with E-state index >= 15 is 4.39 Å². The third-order valence-electron chi connectivity index (χ3n) is 11.1. The molecule has 1 aromatic carbocycles. The summed E-state index contributed by atoms with van der Waals surface area (Å²) < 4.78 is 47.3. The van der Waals surface area contributed by atoms with Crippen molar-refractivity contribution >= 4 is 33.9 Å². The Morgan fingerprint density at radius 2 is 1.83 bits per heavy atom. The summed E-state index contributed by atoms with van der Waals surface area (Å²) in [4.78, 5) is 38.0. The average molecular weight is 646 g/mol. The van der Waals surface area contributed by atoms with E-state index in [0.717, 1.165) is 56.0 Å². The fourth-order valence-corrected chi connectivity index (χ4v) is 7.98. The van der Waals surface area contributed by atoms with Crippen molar-refractivity contribution in [3.8, 4) is 11.5 Å². The molecule has 5 aliphatic rings. The van der Waals surface area contributed by atoms with Gasteiger partial charge < -0.3 is 25.1 Å². The van der Waals surface area contributed by atoms with Gasteiger partial charge in [-0.15, -0.1) is 0 Å². The van der Waals surface area contributed by atoms with E-state index in [1.807, 2.05) is 27.7 Å². The number of imidazole rings is 1. The summed E-state index contributed by atoms with van der Waals surface area (Å²) >= 11 is 0. The molecule has 1 aliphatic heterocycles. The summed E-state index contributed by atoms with van der Waals surface area (Å²) in [7, 11) is 0. The normalized spacial score (nSPS) is 27.0. The topological polar surface area (TPSA) is 111 Å². The van der Waals surface area contributed by atoms with E-state index in [0.29, 0.717) is 58.7 Å². The second-order valence-electron chi connectivity index (χ2n) is 14.7. The summed E-state index contributed by atoms with van der Waals surface area (Å²) in [5, 5.41) is 3.58. The van der Waals surface area contributed by atoms with E-state index in [1.54, 1.807) is 13.0 Å². The van der Waals surface area contributed by atoms with Crippen LogP contribution in [0.1, 0.15) is 86.4 Å². The van der Waals surface area contributed by atoms with Gasteiger partial charge in [-0.1, -0.05) is 0 Å². The summed E-state index contributed by atoms with van der Waals surface area (Å²) in [5.74, 6) is -3.96. The number of hydrogen-bond acceptors (Lipinski definition) is 5. The number of nitrogens with two attached hydrogens (primary N) is 1. The lowest BCUT2D eigenvalue weighted by Crippen LogP contribution is -2.51. The number of nitrogens with zero attached hydrogens (tertiary/aromatic N) is 5. The first-order chi connectivity index (χ1) is 22.6. The van der Waals surface area contributed by atoms with Crippen LogP contribution in [0.15, 0.2) is 30.3 Å². The van der Waals surface area contributed by atoms with Crippen molar-refractivity contribution in [3.63, 3.8) is 0 Å². The van der Waals surface area contributed by atoms with Gasteiger partial charge in [-0.25, -0.2) is 23.1 Å². The van der Waals surface area contributed by atoms with E-state index in [4.69, 9.17) is 15.7 Å². The van der Waals surface area contributed by atoms with Gasteiger partial charge in [-0.3, -0.25) is 9.59 Å². The zero-order valence-corrected chi connectivity index (χ0v) is 26.3. The third kappa shape index (κ3) is 4.93. The Morgan fingerprint density at radius 3 is 2.55 bits per heavy atom. The first kappa shape index (κ1) is 29.2. The van der Waals surface area contributed by atoms with Crippen LogP contribution in [0.3, 0.4) is 0 Å². The van der Waals surface area contributed by atoms with Crippen molar-refractivity contribution in [1.82, 2.24) is 29.3 Å². The minimum atomic E-state index is -2.93. The van der Waals surface area contributed by atoms with Crippen LogP contribution in [0.2, 0.25) is 0 Å². The van der Waals surface area contributed by atoms with Crippen LogP contribution >= 0.6 is 0 Å². The number of halogens is 3. The highest BCUT2D eigenvalue weighted by atomic mass is 19.3. The first-order valence-electron chi connectivity index (χ1n) is 17.0. The van der Waals surface area contributed by atoms with Gasteiger partial charge in [0.1, 0.15) is 22.9 Å². The maximum Gasteiger partial charge on any atom is 0.260 e. The smallest absolute Gasteiger partial charge is 0.260 e. The van der Waals surface area contributed by atoms with Gasteiger partial charge in [-0.05, 0) is 94.0 Å². The molecule has 5 atom stereocenters. The standard InChI is InChI=1S/C35H38F3N7O2/c1-17(40-33(46)24-14-35(24,37)38)27-9-5-20-13-29(44(31(20)41-27)15-18-2-3-18)32-42-28-12-21(11-25(36)30(28)45(32)22-7-8-22)34(47)43-16-26(39)19-4-6-23(43)10-19/h5,9,11-13,17-19,22-24,26H,2-4,6-8,10,14-16,39H2,1H3,(H,40,46)/t17-,19+,23-,24-,26+/m1/s1. The predicted octanol–water partition coefficient (Wildman–Crippen LogP) is 5.72. The number of alkyl halides is 2. The third-order valence-corrected chi connectivity index (χ3v) is 11.1. The van der Waals surface area contributed by atoms with E-state index in [9.17, 15) is 18.4 Å². The number of likely N-dealkylation sites (tertiary alicyclic amines) is 1. The van der Waals surface area contributed by atoms with Crippen LogP contribution < -0.4 is 11.1 Å². The number of amides is 2. The molecule has 12 heteroatoms. The van der Waals surface area contributed by atoms with Crippen LogP contribution in [-0.4, -0.2) is 60.4 Å². The number of piperidine rings is 1. The van der Waals surface area contributed by atoms with Crippen molar-refractivity contribution in [1.29, 1.82) is 0 Å². The number of nitrogens with one attached hydrogen (secondary N) is 1. The molecule has 9 rings (SSSR count). The first-order valence-corrected chi connectivity index (χ1v) is 17.0. The highest BCUT2D eigenvalue weighted by Crippen LogP contribution is 2.49. The van der Waals surface area contributed by atoms with E-state index in [2.05, 4.69) is 9.88 Å². The van der Waals surface area contributed by atoms with Gasteiger partial charge in [0.25, 0.3) is 11.8 Å². The molecule has 3 N–H and O–H groups in total. The molecule has 0 spiro atoms. The molecule has 0 unspecified atom stereocenters. The van der Waals surface area contributed by atoms with Gasteiger partial charge in [0.2, 0.25) is 5.91 Å². The molecule has 2 bridgehead atoms. The molecule has 4 aromatic rings. The van der Waals surface area contributed by atoms with Gasteiger partial charge in [0.05, 0.1) is 22.9 Å². The predicted molar refractivity (Wildman–Crippen MR) is 169 cm³/mol. The Bertz CT molecular complexity index is 1960. The van der Waals surface area contributed by atoms with Crippen LogP contribution in [0, 0.1) is 23.6 Å². The summed E-state index contributed by atoms with van der Waals surface area (Å²) in [6.07, 6.45) is 6.46. The van der Waals surface area contributed by atoms with Gasteiger partial charge in [0.15, 0.2) is 5.82 Å². The monoisotopic (exact) mass is 645 g/mol. The lowest BCUT2D eigenvalue weighted by molar-refractivity contribution is -0.125. The number of rotatable bonds is 8. The van der Waals surface area contributed by atoms with Crippen molar-refractivity contribution in [2.45, 2.75) is 94.9 Å². The van der Waals surface area contributed by atoms with Crippen molar-refractivity contribution < 1.29 is 22.8 Å². The quantitative estimate of drug-likeness (QED) is 0.255. The second-order valence-corrected chi connectivity index (χ2v) is 14.7. The van der Waals surface area contributed by atoms with Crippen LogP contribution in [0.25, 0.3) is 33.6 Å². The Balaban J connectivity index is 1.11. The highest BCUT2D eigenvalue weighted by molar-refractivity contribution is 5.98. The van der Waals surface area contributed by atoms with Crippen LogP contribution in [0.5, 0.6) is 0 Å². The zero-order chi connectivity index (χ0) is 32.4. The Kier molecular flexibility index (Phi) is 6.39. The molecule has 4 aliphatic carbocycles. The molecule has 0 radical (unpaired) electrons. The van der Waals surface area contributed by atoms with Gasteiger partial charge in [-0.2, -0.15) is 0 Å². The van der Waals surface area contributed by atoms with E-state index in [1.165, 1.54) is 6.07 Å². The number of carbonyl (C=O) groups excluding carboxylic acids is 2. The Hall–Kier alpha value is -3.93. The van der Waals surface area contributed by atoms with E-state index in [-0.39, 0.29) is 24.0 Å². The fraction of sp³-hybridized carbons (Fsp3) is 0.543. The number of aromatic nitrogens is 4. The lowest BCUT2D eigenvalue weighted by Gasteiger charge is -2.37. The minimum absolute atomic E-state index is 0.0586. The second kappa shape index (κ2) is 10.3. The van der Waals surface area contributed by atoms with Gasteiger partial charge in [0, 0.05) is 48.6 Å². The molecule has 246 valence electrons. The van der Waals surface area contributed by atoms with Crippen molar-refractivity contribution in [3.05, 3.63) is 47.4 Å². The van der Waals surface area contributed by atoms with Crippen molar-refractivity contribution in [2.75, 3.05) is 6.54 Å². The number of carbonyl (C=O) groups is 2. The van der Waals surface area contributed by atoms with Gasteiger partial charge >= 0.3 is 0 Å². The number of fused-ring (bicyclic) bond motifs is 4. The minimum Gasteiger partial charge on any atom is -0.348 e. The molecule has 2 amide bonds. The molecule has 47 heavy (non-hydrogen) atoms. The molecule has 5 fully saturated rings. The molecule has 1 saturated heterocycles. The molecule has 9 nitrogen and oxygen atoms in total. The van der Waals surface area contributed by atoms with Crippen LogP contribution in [-0.2, 0) is 11.3 Å². The maximum absolute atomic E-state index is 16.1. The maximum atomic E-state index is 16.1. The number of benzene rings is 1. The Labute approximate surface area is 269 Å². The summed E-state index contributed by atoms with van der Waals surface area (Å²) in [6, 6.07) is 8.49. The van der Waals surface area contributed by atoms with Crippen molar-refractivity contribution in [2.24, 2.45) is 23.5 Å². The molecule has 3 aromatic heterocycles. The Morgan fingerprint density at radius 1 is 1.06 bits per heavy atom. The molecule has 4 saturated carbocycles.